The van der Waals surface area contributed by atoms with E-state index in [4.69, 9.17) is 4.74 Å². The second kappa shape index (κ2) is 4.42. The largest absolute Gasteiger partial charge is 0.550 e. The third-order valence-corrected chi connectivity index (χ3v) is 4.23. The monoisotopic (exact) mass is 236 g/mol. The van der Waals surface area contributed by atoms with Crippen LogP contribution in [-0.4, -0.2) is 42.7 Å². The number of hydrogen-bond donors (Lipinski definition) is 0. The molecule has 0 radical (unpaired) electrons. The standard InChI is InChI=1S/C13H19NO3/c15-13(16)12-9(10-4-5-11(12)17-10)8-14-6-2-1-3-7-14/h4-5,9-12H,1-3,6-8H2,(H,15,16)/p-1/t9?,10-,11+,12?/m0/s1. The SMILES string of the molecule is O=C([O-])C1C(CN2CCCCC2)[C@@H]2C=C[C@H]1O2. The smallest absolute Gasteiger partial charge is 0.0849 e. The first-order valence-electron chi connectivity index (χ1n) is 6.53. The fourth-order valence-electron chi connectivity index (χ4n) is 3.35. The average Bonchev–Trinajstić information content (AvgIpc) is 2.90. The molecule has 2 saturated heterocycles. The van der Waals surface area contributed by atoms with Gasteiger partial charge < -0.3 is 19.5 Å². The van der Waals surface area contributed by atoms with Crippen molar-refractivity contribution in [2.24, 2.45) is 11.8 Å². The molecular formula is C13H18NO3-. The molecular weight excluding hydrogens is 218 g/mol. The molecule has 4 atom stereocenters. The number of hydrogen-bond acceptors (Lipinski definition) is 4. The number of piperidine rings is 1. The lowest BCUT2D eigenvalue weighted by Crippen LogP contribution is -2.45. The highest BCUT2D eigenvalue weighted by Gasteiger charge is 2.46. The van der Waals surface area contributed by atoms with Crippen LogP contribution >= 0.6 is 0 Å². The lowest BCUT2D eigenvalue weighted by atomic mass is 9.82. The Hall–Kier alpha value is -0.870. The number of aliphatic carboxylic acids is 1. The van der Waals surface area contributed by atoms with Crippen molar-refractivity contribution in [1.82, 2.24) is 4.90 Å². The quantitative estimate of drug-likeness (QED) is 0.636. The second-order valence-electron chi connectivity index (χ2n) is 5.32. The molecule has 3 heterocycles. The van der Waals surface area contributed by atoms with E-state index in [9.17, 15) is 9.90 Å². The Bertz CT molecular complexity index is 336. The maximum absolute atomic E-state index is 11.2. The average molecular weight is 236 g/mol. The van der Waals surface area contributed by atoms with Crippen molar-refractivity contribution in [3.05, 3.63) is 12.2 Å². The molecule has 3 aliphatic heterocycles. The Morgan fingerprint density at radius 3 is 2.65 bits per heavy atom. The van der Waals surface area contributed by atoms with Crippen LogP contribution in [0.3, 0.4) is 0 Å². The molecule has 17 heavy (non-hydrogen) atoms. The molecule has 3 aliphatic rings. The predicted octanol–water partition coefficient (Wildman–Crippen LogP) is -0.208. The van der Waals surface area contributed by atoms with Crippen molar-refractivity contribution in [2.75, 3.05) is 19.6 Å². The first-order valence-corrected chi connectivity index (χ1v) is 6.53. The molecule has 0 aromatic heterocycles. The maximum atomic E-state index is 11.2. The van der Waals surface area contributed by atoms with E-state index in [0.717, 1.165) is 19.6 Å². The number of likely N-dealkylation sites (tertiary alicyclic amines) is 1. The van der Waals surface area contributed by atoms with E-state index in [2.05, 4.69) is 4.90 Å². The number of carbonyl (C=O) groups is 1. The molecule has 0 spiro atoms. The van der Waals surface area contributed by atoms with Gasteiger partial charge in [-0.15, -0.1) is 0 Å². The summed E-state index contributed by atoms with van der Waals surface area (Å²) >= 11 is 0. The van der Waals surface area contributed by atoms with E-state index < -0.39 is 11.9 Å². The zero-order chi connectivity index (χ0) is 11.8. The molecule has 0 aromatic rings. The van der Waals surface area contributed by atoms with Gasteiger partial charge in [0.2, 0.25) is 0 Å². The van der Waals surface area contributed by atoms with Crippen LogP contribution in [0.5, 0.6) is 0 Å². The number of ether oxygens (including phenoxy) is 1. The van der Waals surface area contributed by atoms with Crippen molar-refractivity contribution in [2.45, 2.75) is 31.5 Å². The molecule has 4 nitrogen and oxygen atoms in total. The minimum absolute atomic E-state index is 0.00942. The van der Waals surface area contributed by atoms with Gasteiger partial charge in [0.05, 0.1) is 12.2 Å². The summed E-state index contributed by atoms with van der Waals surface area (Å²) in [5.74, 6) is -1.33. The summed E-state index contributed by atoms with van der Waals surface area (Å²) < 4.78 is 5.64. The van der Waals surface area contributed by atoms with Gasteiger partial charge in [-0.05, 0) is 25.9 Å². The van der Waals surface area contributed by atoms with Crippen molar-refractivity contribution in [1.29, 1.82) is 0 Å². The van der Waals surface area contributed by atoms with Gasteiger partial charge >= 0.3 is 0 Å². The highest BCUT2D eigenvalue weighted by atomic mass is 16.5. The second-order valence-corrected chi connectivity index (χ2v) is 5.32. The Morgan fingerprint density at radius 2 is 1.94 bits per heavy atom. The zero-order valence-corrected chi connectivity index (χ0v) is 9.88. The Kier molecular flexibility index (Phi) is 2.92. The van der Waals surface area contributed by atoms with Gasteiger partial charge in [0.15, 0.2) is 0 Å². The van der Waals surface area contributed by atoms with Crippen molar-refractivity contribution >= 4 is 5.97 Å². The van der Waals surface area contributed by atoms with Crippen LogP contribution in [0, 0.1) is 11.8 Å². The minimum atomic E-state index is -0.955. The Balaban J connectivity index is 1.68. The fourth-order valence-corrected chi connectivity index (χ4v) is 3.35. The number of carboxylic acid groups (broad SMARTS) is 1. The number of carbonyl (C=O) groups excluding carboxylic acids is 1. The summed E-state index contributed by atoms with van der Waals surface area (Å²) in [6, 6.07) is 0. The van der Waals surface area contributed by atoms with Gasteiger partial charge in [-0.25, -0.2) is 0 Å². The van der Waals surface area contributed by atoms with Crippen LogP contribution in [0.15, 0.2) is 12.2 Å². The summed E-state index contributed by atoms with van der Waals surface area (Å²) in [5, 5.41) is 11.2. The number of rotatable bonds is 3. The van der Waals surface area contributed by atoms with Crippen LogP contribution in [0.2, 0.25) is 0 Å². The lowest BCUT2D eigenvalue weighted by molar-refractivity contribution is -0.313. The number of fused-ring (bicyclic) bond motifs is 2. The number of carboxylic acids is 1. The van der Waals surface area contributed by atoms with Gasteiger partial charge in [-0.1, -0.05) is 18.6 Å². The summed E-state index contributed by atoms with van der Waals surface area (Å²) in [7, 11) is 0. The van der Waals surface area contributed by atoms with Crippen LogP contribution < -0.4 is 5.11 Å². The Morgan fingerprint density at radius 1 is 1.24 bits per heavy atom. The number of nitrogens with zero attached hydrogens (tertiary/aromatic N) is 1. The van der Waals surface area contributed by atoms with Gasteiger partial charge in [0, 0.05) is 24.3 Å². The molecule has 0 saturated carbocycles. The van der Waals surface area contributed by atoms with Gasteiger partial charge in [-0.3, -0.25) is 0 Å². The summed E-state index contributed by atoms with van der Waals surface area (Å²) in [6.07, 6.45) is 7.38. The Labute approximate surface area is 101 Å². The minimum Gasteiger partial charge on any atom is -0.550 e. The van der Waals surface area contributed by atoms with Crippen molar-refractivity contribution in [3.63, 3.8) is 0 Å². The predicted molar refractivity (Wildman–Crippen MR) is 60.1 cm³/mol. The van der Waals surface area contributed by atoms with Crippen molar-refractivity contribution in [3.8, 4) is 0 Å². The van der Waals surface area contributed by atoms with Crippen molar-refractivity contribution < 1.29 is 14.6 Å². The van der Waals surface area contributed by atoms with Gasteiger partial charge in [0.25, 0.3) is 0 Å². The molecule has 3 rings (SSSR count). The molecule has 0 aliphatic carbocycles. The molecule has 0 amide bonds. The molecule has 2 bridgehead atoms. The normalized spacial score (nSPS) is 40.9. The van der Waals surface area contributed by atoms with E-state index in [-0.39, 0.29) is 18.1 Å². The summed E-state index contributed by atoms with van der Waals surface area (Å²) in [5.41, 5.74) is 0. The molecule has 94 valence electrons. The van der Waals surface area contributed by atoms with E-state index in [0.29, 0.717) is 0 Å². The third-order valence-electron chi connectivity index (χ3n) is 4.23. The van der Waals surface area contributed by atoms with Crippen LogP contribution in [-0.2, 0) is 9.53 Å². The molecule has 2 fully saturated rings. The molecule has 4 heteroatoms. The zero-order valence-electron chi connectivity index (χ0n) is 9.88. The summed E-state index contributed by atoms with van der Waals surface area (Å²) in [6.45, 7) is 3.03. The first kappa shape index (κ1) is 11.2. The molecule has 0 aromatic carbocycles. The molecule has 0 N–H and O–H groups in total. The highest BCUT2D eigenvalue weighted by molar-refractivity contribution is 5.70. The topological polar surface area (TPSA) is 52.6 Å². The van der Waals surface area contributed by atoms with Crippen LogP contribution in [0.25, 0.3) is 0 Å². The first-order chi connectivity index (χ1) is 8.25. The van der Waals surface area contributed by atoms with E-state index >= 15 is 0 Å². The molecule has 2 unspecified atom stereocenters. The fraction of sp³-hybridized carbons (Fsp3) is 0.769. The van der Waals surface area contributed by atoms with Crippen LogP contribution in [0.4, 0.5) is 0 Å². The van der Waals surface area contributed by atoms with E-state index in [1.54, 1.807) is 0 Å². The lowest BCUT2D eigenvalue weighted by Gasteiger charge is -2.33. The maximum Gasteiger partial charge on any atom is 0.0849 e. The van der Waals surface area contributed by atoms with Crippen LogP contribution in [0.1, 0.15) is 19.3 Å². The van der Waals surface area contributed by atoms with E-state index in [1.807, 2.05) is 12.2 Å². The van der Waals surface area contributed by atoms with Gasteiger partial charge in [0.1, 0.15) is 0 Å². The third kappa shape index (κ3) is 2.00. The van der Waals surface area contributed by atoms with E-state index in [1.165, 1.54) is 19.3 Å². The summed E-state index contributed by atoms with van der Waals surface area (Å²) in [4.78, 5) is 13.6. The highest BCUT2D eigenvalue weighted by Crippen LogP contribution is 2.39. The van der Waals surface area contributed by atoms with Gasteiger partial charge in [-0.2, -0.15) is 0 Å².